The van der Waals surface area contributed by atoms with Crippen molar-refractivity contribution in [2.45, 2.75) is 12.8 Å². The van der Waals surface area contributed by atoms with Gasteiger partial charge >= 0.3 is 19.2 Å². The molecule has 0 bridgehead atoms. The SMILES string of the molecule is NC(N)=[NH+]CCCCNC(=O)P(=O)(O)O. The van der Waals surface area contributed by atoms with Crippen LogP contribution in [0.1, 0.15) is 12.8 Å². The fourth-order valence-electron chi connectivity index (χ4n) is 0.781. The van der Waals surface area contributed by atoms with Crippen molar-refractivity contribution in [2.75, 3.05) is 13.1 Å². The van der Waals surface area contributed by atoms with Crippen molar-refractivity contribution in [3.8, 4) is 0 Å². The molecule has 15 heavy (non-hydrogen) atoms. The van der Waals surface area contributed by atoms with Crippen molar-refractivity contribution in [1.82, 2.24) is 5.32 Å². The number of nitrogens with one attached hydrogen (secondary N) is 2. The first kappa shape index (κ1) is 13.9. The minimum atomic E-state index is -4.64. The Labute approximate surface area is 86.9 Å². The van der Waals surface area contributed by atoms with Gasteiger partial charge in [0.05, 0.1) is 6.54 Å². The van der Waals surface area contributed by atoms with Gasteiger partial charge in [0.1, 0.15) is 0 Å². The normalized spacial score (nSPS) is 10.8. The molecule has 88 valence electrons. The first-order valence-corrected chi connectivity index (χ1v) is 5.91. The van der Waals surface area contributed by atoms with Gasteiger partial charge in [-0.1, -0.05) is 0 Å². The van der Waals surface area contributed by atoms with Crippen molar-refractivity contribution in [3.05, 3.63) is 0 Å². The molecule has 0 heterocycles. The Morgan fingerprint density at radius 1 is 1.33 bits per heavy atom. The Balaban J connectivity index is 3.52. The van der Waals surface area contributed by atoms with Gasteiger partial charge in [0, 0.05) is 6.54 Å². The third-order valence-corrected chi connectivity index (χ3v) is 2.16. The van der Waals surface area contributed by atoms with Crippen LogP contribution in [0.2, 0.25) is 0 Å². The summed E-state index contributed by atoms with van der Waals surface area (Å²) < 4.78 is 10.4. The van der Waals surface area contributed by atoms with E-state index in [-0.39, 0.29) is 12.5 Å². The number of hydrogen-bond acceptors (Lipinski definition) is 2. The van der Waals surface area contributed by atoms with E-state index in [1.54, 1.807) is 0 Å². The number of nitrogens with two attached hydrogens (primary N) is 2. The van der Waals surface area contributed by atoms with Gasteiger partial charge in [-0.2, -0.15) is 0 Å². The maximum atomic E-state index is 10.7. The van der Waals surface area contributed by atoms with E-state index in [1.807, 2.05) is 0 Å². The van der Waals surface area contributed by atoms with Gasteiger partial charge in [-0.25, -0.2) is 4.57 Å². The third kappa shape index (κ3) is 7.92. The van der Waals surface area contributed by atoms with E-state index in [0.29, 0.717) is 19.4 Å². The Bertz CT molecular complexity index is 283. The summed E-state index contributed by atoms with van der Waals surface area (Å²) in [6.07, 6.45) is 1.26. The van der Waals surface area contributed by atoms with Crippen LogP contribution in [0, 0.1) is 0 Å². The molecule has 0 saturated heterocycles. The molecule has 0 unspecified atom stereocenters. The maximum absolute atomic E-state index is 10.7. The quantitative estimate of drug-likeness (QED) is 0.126. The molecular formula is C6H16N4O4P+. The number of amides is 1. The number of carbonyl (C=O) groups excluding carboxylic acids is 1. The topological polar surface area (TPSA) is 153 Å². The molecule has 0 rings (SSSR count). The number of unbranched alkanes of at least 4 members (excludes halogenated alkanes) is 1. The monoisotopic (exact) mass is 239 g/mol. The summed E-state index contributed by atoms with van der Waals surface area (Å²) in [5.41, 5.74) is 9.00. The lowest BCUT2D eigenvalue weighted by Gasteiger charge is -2.04. The standard InChI is InChI=1S/C6H15N4O4P/c7-5(8)9-3-1-2-4-10-6(11)15(12,13)14/h1-4H2,(H,10,11)(H4,7,8,9)(H2,12,13,14)/p+1. The predicted octanol–water partition coefficient (Wildman–Crippen LogP) is -2.99. The summed E-state index contributed by atoms with van der Waals surface area (Å²) >= 11 is 0. The van der Waals surface area contributed by atoms with Crippen LogP contribution >= 0.6 is 7.60 Å². The van der Waals surface area contributed by atoms with Gasteiger partial charge in [0.15, 0.2) is 0 Å². The van der Waals surface area contributed by atoms with E-state index in [9.17, 15) is 9.36 Å². The lowest BCUT2D eigenvalue weighted by Crippen LogP contribution is -2.78. The van der Waals surface area contributed by atoms with E-state index in [1.165, 1.54) is 0 Å². The van der Waals surface area contributed by atoms with Gasteiger partial charge in [-0.05, 0) is 12.8 Å². The molecule has 0 aliphatic heterocycles. The fourth-order valence-corrected chi connectivity index (χ4v) is 1.10. The largest absolute Gasteiger partial charge is 0.413 e. The van der Waals surface area contributed by atoms with Crippen LogP contribution in [0.4, 0.5) is 4.79 Å². The minimum Gasteiger partial charge on any atom is -0.346 e. The van der Waals surface area contributed by atoms with Gasteiger partial charge in [0.2, 0.25) is 0 Å². The highest BCUT2D eigenvalue weighted by atomic mass is 31.2. The molecule has 0 aromatic carbocycles. The summed E-state index contributed by atoms with van der Waals surface area (Å²) in [7, 11) is -4.64. The molecule has 0 atom stereocenters. The maximum Gasteiger partial charge on any atom is 0.413 e. The number of guanidine groups is 1. The zero-order chi connectivity index (χ0) is 11.9. The Morgan fingerprint density at radius 2 is 1.93 bits per heavy atom. The number of hydrogen-bond donors (Lipinski definition) is 6. The van der Waals surface area contributed by atoms with Crippen LogP contribution in [0.3, 0.4) is 0 Å². The van der Waals surface area contributed by atoms with E-state index in [4.69, 9.17) is 21.3 Å². The molecule has 8 nitrogen and oxygen atoms in total. The average Bonchev–Trinajstić information content (AvgIpc) is 2.08. The minimum absolute atomic E-state index is 0.120. The molecular weight excluding hydrogens is 223 g/mol. The summed E-state index contributed by atoms with van der Waals surface area (Å²) in [6.45, 7) is 0.754. The van der Waals surface area contributed by atoms with Crippen molar-refractivity contribution >= 4 is 19.2 Å². The van der Waals surface area contributed by atoms with E-state index < -0.39 is 13.2 Å². The van der Waals surface area contributed by atoms with Crippen LogP contribution < -0.4 is 21.8 Å². The van der Waals surface area contributed by atoms with Crippen LogP contribution in [-0.4, -0.2) is 34.5 Å². The smallest absolute Gasteiger partial charge is 0.346 e. The van der Waals surface area contributed by atoms with Crippen molar-refractivity contribution in [2.24, 2.45) is 11.5 Å². The first-order chi connectivity index (χ1) is 6.84. The first-order valence-electron chi connectivity index (χ1n) is 4.29. The van der Waals surface area contributed by atoms with Gasteiger partial charge in [0.25, 0.3) is 0 Å². The highest BCUT2D eigenvalue weighted by Crippen LogP contribution is 2.34. The molecule has 0 saturated carbocycles. The lowest BCUT2D eigenvalue weighted by molar-refractivity contribution is -0.459. The van der Waals surface area contributed by atoms with Gasteiger partial charge in [-0.3, -0.25) is 21.3 Å². The zero-order valence-electron chi connectivity index (χ0n) is 8.14. The second kappa shape index (κ2) is 6.39. The molecule has 9 heteroatoms. The van der Waals surface area contributed by atoms with Crippen molar-refractivity contribution in [3.63, 3.8) is 0 Å². The molecule has 0 aliphatic rings. The number of rotatable bonds is 6. The van der Waals surface area contributed by atoms with E-state index in [0.717, 1.165) is 0 Å². The third-order valence-electron chi connectivity index (χ3n) is 1.47. The van der Waals surface area contributed by atoms with Crippen LogP contribution in [0.15, 0.2) is 0 Å². The van der Waals surface area contributed by atoms with E-state index >= 15 is 0 Å². The predicted molar refractivity (Wildman–Crippen MR) is 53.9 cm³/mol. The van der Waals surface area contributed by atoms with Gasteiger partial charge < -0.3 is 15.1 Å². The summed E-state index contributed by atoms with van der Waals surface area (Å²) in [5, 5.41) is 2.11. The summed E-state index contributed by atoms with van der Waals surface area (Å²) in [4.78, 5) is 30.2. The Morgan fingerprint density at radius 3 is 2.40 bits per heavy atom. The van der Waals surface area contributed by atoms with Crippen LogP contribution in [0.5, 0.6) is 0 Å². The van der Waals surface area contributed by atoms with Crippen molar-refractivity contribution in [1.29, 1.82) is 0 Å². The Hall–Kier alpha value is -1.11. The molecule has 0 aliphatic carbocycles. The second-order valence-electron chi connectivity index (χ2n) is 2.87. The fraction of sp³-hybridized carbons (Fsp3) is 0.667. The highest BCUT2D eigenvalue weighted by molar-refractivity contribution is 7.69. The summed E-state index contributed by atoms with van der Waals surface area (Å²) in [5.74, 6) is 0.120. The zero-order valence-corrected chi connectivity index (χ0v) is 9.04. The Kier molecular flexibility index (Phi) is 5.92. The molecule has 0 aromatic heterocycles. The van der Waals surface area contributed by atoms with Crippen LogP contribution in [0.25, 0.3) is 0 Å². The van der Waals surface area contributed by atoms with E-state index in [2.05, 4.69) is 10.3 Å². The molecule has 8 N–H and O–H groups in total. The molecule has 0 aromatic rings. The molecule has 0 spiro atoms. The molecule has 0 radical (unpaired) electrons. The molecule has 1 amide bonds. The second-order valence-corrected chi connectivity index (χ2v) is 4.36. The average molecular weight is 239 g/mol. The summed E-state index contributed by atoms with van der Waals surface area (Å²) in [6, 6.07) is 0. The molecule has 0 fully saturated rings. The number of carbonyl (C=O) groups is 1. The van der Waals surface area contributed by atoms with Crippen molar-refractivity contribution < 1.29 is 24.1 Å². The lowest BCUT2D eigenvalue weighted by atomic mass is 10.3. The van der Waals surface area contributed by atoms with Gasteiger partial charge in [-0.15, -0.1) is 0 Å². The highest BCUT2D eigenvalue weighted by Gasteiger charge is 2.24. The van der Waals surface area contributed by atoms with Crippen LogP contribution in [-0.2, 0) is 4.57 Å².